The molecule has 0 saturated heterocycles. The van der Waals surface area contributed by atoms with E-state index in [2.05, 4.69) is 25.2 Å². The van der Waals surface area contributed by atoms with Gasteiger partial charge in [0.1, 0.15) is 0 Å². The van der Waals surface area contributed by atoms with Gasteiger partial charge in [-0.3, -0.25) is 4.79 Å². The van der Waals surface area contributed by atoms with Crippen molar-refractivity contribution in [3.8, 4) is 0 Å². The number of nitrogens with two attached hydrogens (primary N) is 1. The van der Waals surface area contributed by atoms with Crippen LogP contribution in [0, 0.1) is 11.3 Å². The molecule has 1 aliphatic carbocycles. The first-order valence-corrected chi connectivity index (χ1v) is 8.51. The highest BCUT2D eigenvalue weighted by Gasteiger charge is 2.27. The first-order chi connectivity index (χ1) is 10.4. The summed E-state index contributed by atoms with van der Waals surface area (Å²) in [4.78, 5) is 12.3. The molecular weight excluding hydrogens is 296 g/mol. The van der Waals surface area contributed by atoms with E-state index in [4.69, 9.17) is 17.3 Å². The van der Waals surface area contributed by atoms with Crippen molar-refractivity contribution in [1.82, 2.24) is 5.32 Å². The molecule has 1 amide bonds. The van der Waals surface area contributed by atoms with Crippen LogP contribution in [-0.4, -0.2) is 18.5 Å². The molecule has 1 fully saturated rings. The van der Waals surface area contributed by atoms with E-state index >= 15 is 0 Å². The Hall–Kier alpha value is -1.06. The normalized spacial score (nSPS) is 22.4. The quantitative estimate of drug-likeness (QED) is 0.871. The molecule has 0 aromatic heterocycles. The number of hydrogen-bond donors (Lipinski definition) is 2. The summed E-state index contributed by atoms with van der Waals surface area (Å²) < 4.78 is 0. The van der Waals surface area contributed by atoms with Crippen LogP contribution in [0.3, 0.4) is 0 Å². The van der Waals surface area contributed by atoms with Gasteiger partial charge in [-0.2, -0.15) is 0 Å². The Morgan fingerprint density at radius 2 is 2.18 bits per heavy atom. The summed E-state index contributed by atoms with van der Waals surface area (Å²) in [5.74, 6) is 0.250. The lowest BCUT2D eigenvalue weighted by atomic mass is 9.83. The van der Waals surface area contributed by atoms with Gasteiger partial charge in [0.25, 0.3) is 0 Å². The van der Waals surface area contributed by atoms with E-state index in [-0.39, 0.29) is 23.3 Å². The van der Waals surface area contributed by atoms with Crippen molar-refractivity contribution in [1.29, 1.82) is 0 Å². The molecule has 3 nitrogen and oxygen atoms in total. The fraction of sp³-hybridized carbons (Fsp3) is 0.611. The summed E-state index contributed by atoms with van der Waals surface area (Å²) >= 11 is 6.03. The largest absolute Gasteiger partial charge is 0.355 e. The minimum atomic E-state index is -0.00285. The second-order valence-electron chi connectivity index (χ2n) is 7.31. The summed E-state index contributed by atoms with van der Waals surface area (Å²) in [6.07, 6.45) is 4.78. The predicted molar refractivity (Wildman–Crippen MR) is 91.9 cm³/mol. The predicted octanol–water partition coefficient (Wildman–Crippen LogP) is 3.54. The van der Waals surface area contributed by atoms with Crippen LogP contribution in [0.4, 0.5) is 0 Å². The zero-order chi connectivity index (χ0) is 16.2. The van der Waals surface area contributed by atoms with Crippen molar-refractivity contribution >= 4 is 17.5 Å². The maximum Gasteiger partial charge on any atom is 0.223 e. The molecule has 2 atom stereocenters. The lowest BCUT2D eigenvalue weighted by Crippen LogP contribution is -2.41. The van der Waals surface area contributed by atoms with Crippen molar-refractivity contribution in [2.75, 3.05) is 6.54 Å². The number of benzene rings is 1. The van der Waals surface area contributed by atoms with Gasteiger partial charge in [-0.25, -0.2) is 0 Å². The third-order valence-corrected chi connectivity index (χ3v) is 4.63. The molecule has 1 aromatic rings. The Kier molecular flexibility index (Phi) is 5.87. The molecule has 0 bridgehead atoms. The standard InChI is InChI=1S/C18H27ClN2O/c1-18(2,11-13-5-3-7-15(19)9-13)12-21-17(22)14-6-4-8-16(20)10-14/h3,5,7,9,14,16H,4,6,8,10-12,20H2,1-2H3,(H,21,22). The van der Waals surface area contributed by atoms with Gasteiger partial charge in [0.05, 0.1) is 0 Å². The highest BCUT2D eigenvalue weighted by Crippen LogP contribution is 2.25. The van der Waals surface area contributed by atoms with Crippen LogP contribution in [0.5, 0.6) is 0 Å². The molecule has 2 unspecified atom stereocenters. The lowest BCUT2D eigenvalue weighted by molar-refractivity contribution is -0.126. The van der Waals surface area contributed by atoms with Crippen LogP contribution in [0.1, 0.15) is 45.1 Å². The van der Waals surface area contributed by atoms with E-state index in [9.17, 15) is 4.79 Å². The monoisotopic (exact) mass is 322 g/mol. The topological polar surface area (TPSA) is 55.1 Å². The summed E-state index contributed by atoms with van der Waals surface area (Å²) in [5, 5.41) is 3.88. The van der Waals surface area contributed by atoms with Crippen molar-refractivity contribution in [3.05, 3.63) is 34.9 Å². The third-order valence-electron chi connectivity index (χ3n) is 4.40. The van der Waals surface area contributed by atoms with Crippen molar-refractivity contribution < 1.29 is 4.79 Å². The zero-order valence-corrected chi connectivity index (χ0v) is 14.3. The Labute approximate surface area is 138 Å². The minimum Gasteiger partial charge on any atom is -0.355 e. The number of halogens is 1. The van der Waals surface area contributed by atoms with E-state index in [0.717, 1.165) is 37.1 Å². The SMILES string of the molecule is CC(C)(CNC(=O)C1CCCC(N)C1)Cc1cccc(Cl)c1. The lowest BCUT2D eigenvalue weighted by Gasteiger charge is -2.29. The molecule has 0 radical (unpaired) electrons. The van der Waals surface area contributed by atoms with Crippen LogP contribution in [0.15, 0.2) is 24.3 Å². The summed E-state index contributed by atoms with van der Waals surface area (Å²) in [6.45, 7) is 5.01. The number of nitrogens with one attached hydrogen (secondary N) is 1. The molecule has 1 saturated carbocycles. The van der Waals surface area contributed by atoms with E-state index in [1.807, 2.05) is 18.2 Å². The molecule has 0 spiro atoms. The summed E-state index contributed by atoms with van der Waals surface area (Å²) in [6, 6.07) is 8.10. The molecule has 0 aliphatic heterocycles. The van der Waals surface area contributed by atoms with Gasteiger partial charge in [-0.05, 0) is 48.8 Å². The maximum atomic E-state index is 12.3. The minimum absolute atomic E-state index is 0.00285. The Morgan fingerprint density at radius 1 is 1.41 bits per heavy atom. The summed E-state index contributed by atoms with van der Waals surface area (Å²) in [5.41, 5.74) is 7.17. The molecule has 2 rings (SSSR count). The number of hydrogen-bond acceptors (Lipinski definition) is 2. The van der Waals surface area contributed by atoms with Crippen LogP contribution in [0.25, 0.3) is 0 Å². The van der Waals surface area contributed by atoms with E-state index in [1.165, 1.54) is 5.56 Å². The molecule has 1 aromatic carbocycles. The molecule has 3 N–H and O–H groups in total. The zero-order valence-electron chi connectivity index (χ0n) is 13.6. The highest BCUT2D eigenvalue weighted by atomic mass is 35.5. The number of rotatable bonds is 5. The van der Waals surface area contributed by atoms with Gasteiger partial charge in [-0.1, -0.05) is 44.0 Å². The van der Waals surface area contributed by atoms with E-state index in [1.54, 1.807) is 0 Å². The van der Waals surface area contributed by atoms with E-state index < -0.39 is 0 Å². The van der Waals surface area contributed by atoms with Crippen LogP contribution >= 0.6 is 11.6 Å². The second kappa shape index (κ2) is 7.47. The van der Waals surface area contributed by atoms with Gasteiger partial charge in [-0.15, -0.1) is 0 Å². The summed E-state index contributed by atoms with van der Waals surface area (Å²) in [7, 11) is 0. The number of carbonyl (C=O) groups excluding carboxylic acids is 1. The number of amides is 1. The first kappa shape index (κ1) is 17.3. The maximum absolute atomic E-state index is 12.3. The van der Waals surface area contributed by atoms with Gasteiger partial charge in [0.2, 0.25) is 5.91 Å². The Bertz CT molecular complexity index is 516. The van der Waals surface area contributed by atoms with Gasteiger partial charge >= 0.3 is 0 Å². The molecular formula is C18H27ClN2O. The Balaban J connectivity index is 1.85. The number of carbonyl (C=O) groups is 1. The van der Waals surface area contributed by atoms with Crippen LogP contribution in [0.2, 0.25) is 5.02 Å². The fourth-order valence-corrected chi connectivity index (χ4v) is 3.41. The van der Waals surface area contributed by atoms with Gasteiger partial charge in [0, 0.05) is 23.5 Å². The smallest absolute Gasteiger partial charge is 0.223 e. The van der Waals surface area contributed by atoms with Gasteiger partial charge in [0.15, 0.2) is 0 Å². The van der Waals surface area contributed by atoms with Crippen molar-refractivity contribution in [2.45, 2.75) is 52.0 Å². The average molecular weight is 323 g/mol. The highest BCUT2D eigenvalue weighted by molar-refractivity contribution is 6.30. The van der Waals surface area contributed by atoms with Crippen molar-refractivity contribution in [3.63, 3.8) is 0 Å². The van der Waals surface area contributed by atoms with Crippen LogP contribution < -0.4 is 11.1 Å². The molecule has 0 heterocycles. The average Bonchev–Trinajstić information content (AvgIpc) is 2.44. The van der Waals surface area contributed by atoms with Gasteiger partial charge < -0.3 is 11.1 Å². The van der Waals surface area contributed by atoms with Crippen LogP contribution in [-0.2, 0) is 11.2 Å². The molecule has 4 heteroatoms. The first-order valence-electron chi connectivity index (χ1n) is 8.13. The second-order valence-corrected chi connectivity index (χ2v) is 7.75. The molecule has 122 valence electrons. The fourth-order valence-electron chi connectivity index (χ4n) is 3.20. The third kappa shape index (κ3) is 5.29. The molecule has 22 heavy (non-hydrogen) atoms. The Morgan fingerprint density at radius 3 is 2.86 bits per heavy atom. The van der Waals surface area contributed by atoms with E-state index in [0.29, 0.717) is 6.54 Å². The molecule has 1 aliphatic rings. The van der Waals surface area contributed by atoms with Crippen molar-refractivity contribution in [2.24, 2.45) is 17.1 Å².